The molecule has 188 valence electrons. The third kappa shape index (κ3) is 6.72. The van der Waals surface area contributed by atoms with Crippen molar-refractivity contribution >= 4 is 23.5 Å². The molecule has 7 heteroatoms. The fourth-order valence-corrected chi connectivity index (χ4v) is 4.36. The lowest BCUT2D eigenvalue weighted by atomic mass is 10.1. The van der Waals surface area contributed by atoms with Gasteiger partial charge in [-0.1, -0.05) is 53.6 Å². The zero-order valence-electron chi connectivity index (χ0n) is 20.7. The summed E-state index contributed by atoms with van der Waals surface area (Å²) >= 11 is 6.11. The molecular weight excluding hydrogens is 476 g/mol. The van der Waals surface area contributed by atoms with Gasteiger partial charge in [0.1, 0.15) is 0 Å². The number of carbonyl (C=O) groups is 2. The first-order valence-corrected chi connectivity index (χ1v) is 12.4. The van der Waals surface area contributed by atoms with Crippen LogP contribution in [0.2, 0.25) is 5.02 Å². The Balaban J connectivity index is 1.37. The predicted molar refractivity (Wildman–Crippen MR) is 140 cm³/mol. The van der Waals surface area contributed by atoms with E-state index in [4.69, 9.17) is 21.1 Å². The van der Waals surface area contributed by atoms with Crippen LogP contribution in [-0.2, 0) is 16.1 Å². The van der Waals surface area contributed by atoms with Gasteiger partial charge >= 0.3 is 5.97 Å². The van der Waals surface area contributed by atoms with Crippen molar-refractivity contribution in [2.24, 2.45) is 0 Å². The van der Waals surface area contributed by atoms with Crippen molar-refractivity contribution in [1.29, 1.82) is 0 Å². The van der Waals surface area contributed by atoms with Gasteiger partial charge in [0.25, 0.3) is 5.91 Å². The smallest absolute Gasteiger partial charge is 0.337 e. The van der Waals surface area contributed by atoms with Crippen LogP contribution in [0.4, 0.5) is 0 Å². The van der Waals surface area contributed by atoms with Crippen LogP contribution >= 0.6 is 11.6 Å². The zero-order valence-corrected chi connectivity index (χ0v) is 21.4. The van der Waals surface area contributed by atoms with Crippen molar-refractivity contribution in [3.8, 4) is 0 Å². The number of carbonyl (C=O) groups excluding carboxylic acids is 2. The number of benzene rings is 3. The van der Waals surface area contributed by atoms with Crippen molar-refractivity contribution in [2.45, 2.75) is 19.6 Å². The van der Waals surface area contributed by atoms with Gasteiger partial charge in [-0.2, -0.15) is 0 Å². The van der Waals surface area contributed by atoms with E-state index in [1.165, 1.54) is 7.11 Å². The molecule has 1 fully saturated rings. The first-order valence-electron chi connectivity index (χ1n) is 12.1. The van der Waals surface area contributed by atoms with E-state index in [2.05, 4.69) is 4.90 Å². The highest BCUT2D eigenvalue weighted by Crippen LogP contribution is 2.24. The number of methoxy groups -OCH3 is 1. The second kappa shape index (κ2) is 12.2. The van der Waals surface area contributed by atoms with Crippen molar-refractivity contribution in [1.82, 2.24) is 9.80 Å². The number of hydrogen-bond acceptors (Lipinski definition) is 5. The Morgan fingerprint density at radius 3 is 2.08 bits per heavy atom. The fourth-order valence-electron chi connectivity index (χ4n) is 4.23. The summed E-state index contributed by atoms with van der Waals surface area (Å²) in [5, 5.41) is 0.680. The van der Waals surface area contributed by atoms with Gasteiger partial charge in [-0.05, 0) is 54.4 Å². The minimum absolute atomic E-state index is 0.0792. The zero-order chi connectivity index (χ0) is 25.5. The molecule has 0 radical (unpaired) electrons. The summed E-state index contributed by atoms with van der Waals surface area (Å²) in [6, 6.07) is 22.7. The van der Waals surface area contributed by atoms with Gasteiger partial charge in [-0.25, -0.2) is 4.79 Å². The van der Waals surface area contributed by atoms with Crippen molar-refractivity contribution < 1.29 is 19.1 Å². The predicted octanol–water partition coefficient (Wildman–Crippen LogP) is 5.15. The maximum Gasteiger partial charge on any atom is 0.337 e. The molecule has 0 spiro atoms. The fraction of sp³-hybridized carbons (Fsp3) is 0.310. The molecule has 0 aromatic heterocycles. The molecule has 36 heavy (non-hydrogen) atoms. The summed E-state index contributed by atoms with van der Waals surface area (Å²) < 4.78 is 11.1. The molecule has 1 amide bonds. The van der Waals surface area contributed by atoms with Crippen LogP contribution in [-0.4, -0.2) is 61.5 Å². The third-order valence-electron chi connectivity index (χ3n) is 6.45. The molecule has 1 aliphatic heterocycles. The average molecular weight is 507 g/mol. The number of halogens is 1. The number of amides is 1. The summed E-state index contributed by atoms with van der Waals surface area (Å²) in [6.45, 7) is 6.03. The Labute approximate surface area is 217 Å². The number of piperazine rings is 1. The van der Waals surface area contributed by atoms with Crippen LogP contribution in [0, 0.1) is 6.92 Å². The molecule has 4 rings (SSSR count). The average Bonchev–Trinajstić information content (AvgIpc) is 2.92. The first-order chi connectivity index (χ1) is 17.4. The quantitative estimate of drug-likeness (QED) is 0.395. The Kier molecular flexibility index (Phi) is 8.75. The lowest BCUT2D eigenvalue weighted by Crippen LogP contribution is -2.49. The van der Waals surface area contributed by atoms with Crippen LogP contribution in [0.5, 0.6) is 0 Å². The highest BCUT2D eigenvalue weighted by molar-refractivity contribution is 6.30. The van der Waals surface area contributed by atoms with Crippen molar-refractivity contribution in [3.63, 3.8) is 0 Å². The minimum Gasteiger partial charge on any atom is -0.465 e. The van der Waals surface area contributed by atoms with Crippen LogP contribution in [0.3, 0.4) is 0 Å². The van der Waals surface area contributed by atoms with Gasteiger partial charge in [-0.3, -0.25) is 9.69 Å². The minimum atomic E-state index is -0.360. The van der Waals surface area contributed by atoms with Gasteiger partial charge in [-0.15, -0.1) is 0 Å². The Hall–Kier alpha value is -3.19. The molecule has 1 atom stereocenters. The molecule has 1 unspecified atom stereocenters. The van der Waals surface area contributed by atoms with E-state index in [9.17, 15) is 9.59 Å². The van der Waals surface area contributed by atoms with Crippen LogP contribution < -0.4 is 0 Å². The lowest BCUT2D eigenvalue weighted by molar-refractivity contribution is 0.00341. The number of nitrogens with zero attached hydrogens (tertiary/aromatic N) is 2. The van der Waals surface area contributed by atoms with Crippen LogP contribution in [0.1, 0.15) is 43.5 Å². The van der Waals surface area contributed by atoms with E-state index in [1.807, 2.05) is 72.5 Å². The molecule has 0 saturated carbocycles. The molecule has 1 heterocycles. The van der Waals surface area contributed by atoms with Gasteiger partial charge in [0, 0.05) is 43.3 Å². The Bertz CT molecular complexity index is 1160. The van der Waals surface area contributed by atoms with Crippen molar-refractivity contribution in [3.05, 3.63) is 106 Å². The summed E-state index contributed by atoms with van der Waals surface area (Å²) in [7, 11) is 1.37. The van der Waals surface area contributed by atoms with Crippen LogP contribution in [0.25, 0.3) is 0 Å². The van der Waals surface area contributed by atoms with E-state index >= 15 is 0 Å². The molecule has 0 N–H and O–H groups in total. The highest BCUT2D eigenvalue weighted by atomic mass is 35.5. The third-order valence-corrected chi connectivity index (χ3v) is 6.70. The topological polar surface area (TPSA) is 59.1 Å². The summed E-state index contributed by atoms with van der Waals surface area (Å²) in [6.07, 6.45) is -0.165. The normalized spacial score (nSPS) is 14.9. The second-order valence-corrected chi connectivity index (χ2v) is 9.43. The molecule has 1 saturated heterocycles. The molecular formula is C29H31ClN2O4. The van der Waals surface area contributed by atoms with E-state index in [1.54, 1.807) is 12.1 Å². The van der Waals surface area contributed by atoms with Gasteiger partial charge < -0.3 is 14.4 Å². The number of esters is 1. The van der Waals surface area contributed by atoms with Gasteiger partial charge in [0.2, 0.25) is 0 Å². The molecule has 1 aliphatic rings. The highest BCUT2D eigenvalue weighted by Gasteiger charge is 2.25. The SMILES string of the molecule is COC(=O)c1ccc(COC(CN2CCN(C(=O)c3ccc(C)cc3)CC2)c2ccc(Cl)cc2)cc1. The molecule has 0 bridgehead atoms. The maximum atomic E-state index is 12.9. The molecule has 3 aromatic rings. The molecule has 0 aliphatic carbocycles. The Morgan fingerprint density at radius 2 is 1.47 bits per heavy atom. The number of rotatable bonds is 8. The van der Waals surface area contributed by atoms with E-state index in [0.29, 0.717) is 36.8 Å². The summed E-state index contributed by atoms with van der Waals surface area (Å²) in [4.78, 5) is 28.8. The van der Waals surface area contributed by atoms with Gasteiger partial charge in [0.05, 0.1) is 25.4 Å². The van der Waals surface area contributed by atoms with Crippen molar-refractivity contribution in [2.75, 3.05) is 39.8 Å². The van der Waals surface area contributed by atoms with E-state index in [-0.39, 0.29) is 18.0 Å². The molecule has 6 nitrogen and oxygen atoms in total. The standard InChI is InChI=1S/C29H31ClN2O4/c1-21-3-7-24(8-4-21)28(33)32-17-15-31(16-18-32)19-27(23-11-13-26(30)14-12-23)36-20-22-5-9-25(10-6-22)29(34)35-2/h3-14,27H,15-20H2,1-2H3. The van der Waals surface area contributed by atoms with E-state index in [0.717, 1.165) is 35.3 Å². The monoisotopic (exact) mass is 506 g/mol. The second-order valence-electron chi connectivity index (χ2n) is 9.00. The number of hydrogen-bond donors (Lipinski definition) is 0. The summed E-state index contributed by atoms with van der Waals surface area (Å²) in [5.41, 5.74) is 4.39. The van der Waals surface area contributed by atoms with Gasteiger partial charge in [0.15, 0.2) is 0 Å². The first kappa shape index (κ1) is 25.9. The van der Waals surface area contributed by atoms with E-state index < -0.39 is 0 Å². The maximum absolute atomic E-state index is 12.9. The lowest BCUT2D eigenvalue weighted by Gasteiger charge is -2.36. The molecule has 3 aromatic carbocycles. The summed E-state index contributed by atoms with van der Waals surface area (Å²) in [5.74, 6) is -0.280. The largest absolute Gasteiger partial charge is 0.465 e. The Morgan fingerprint density at radius 1 is 0.861 bits per heavy atom. The number of ether oxygens (including phenoxy) is 2. The van der Waals surface area contributed by atoms with Crippen LogP contribution in [0.15, 0.2) is 72.8 Å². The number of aryl methyl sites for hydroxylation is 1.